The molecule has 3 rings (SSSR count). The number of hydrogen-bond donors (Lipinski definition) is 2. The lowest BCUT2D eigenvalue weighted by atomic mass is 10.1. The summed E-state index contributed by atoms with van der Waals surface area (Å²) in [6.45, 7) is 0.149. The fourth-order valence-electron chi connectivity index (χ4n) is 2.20. The third-order valence-electron chi connectivity index (χ3n) is 3.97. The highest BCUT2D eigenvalue weighted by molar-refractivity contribution is 7.13. The van der Waals surface area contributed by atoms with Gasteiger partial charge in [0.25, 0.3) is 5.91 Å². The first-order chi connectivity index (χ1) is 11.0. The van der Waals surface area contributed by atoms with E-state index in [4.69, 9.17) is 9.84 Å². The van der Waals surface area contributed by atoms with Crippen molar-refractivity contribution in [2.45, 2.75) is 12.8 Å². The van der Waals surface area contributed by atoms with Gasteiger partial charge in [0.2, 0.25) is 0 Å². The van der Waals surface area contributed by atoms with Gasteiger partial charge >= 0.3 is 5.97 Å². The van der Waals surface area contributed by atoms with Crippen LogP contribution in [0.4, 0.5) is 0 Å². The summed E-state index contributed by atoms with van der Waals surface area (Å²) in [5.74, 6) is -0.435. The average Bonchev–Trinajstić information content (AvgIpc) is 3.21. The summed E-state index contributed by atoms with van der Waals surface area (Å²) in [6.07, 6.45) is 1.22. The third-order valence-corrected chi connectivity index (χ3v) is 4.86. The van der Waals surface area contributed by atoms with Gasteiger partial charge in [-0.2, -0.15) is 0 Å². The average molecular weight is 332 g/mol. The number of benzene rings is 1. The number of carboxylic acids is 1. The Hall–Kier alpha value is -2.41. The first kappa shape index (κ1) is 15.5. The molecular formula is C16H16N2O4S. The SMILES string of the molecule is COc1ccc(-c2nc(C(=O)NCC3(C(=O)O)CC3)cs2)cc1. The molecule has 1 amide bonds. The molecule has 2 N–H and O–H groups in total. The zero-order valence-corrected chi connectivity index (χ0v) is 13.4. The molecule has 1 aromatic carbocycles. The lowest BCUT2D eigenvalue weighted by Gasteiger charge is -2.09. The summed E-state index contributed by atoms with van der Waals surface area (Å²) in [7, 11) is 1.60. The number of hydrogen-bond acceptors (Lipinski definition) is 5. The summed E-state index contributed by atoms with van der Waals surface area (Å²) in [5, 5.41) is 14.2. The van der Waals surface area contributed by atoms with E-state index in [0.29, 0.717) is 18.5 Å². The van der Waals surface area contributed by atoms with Crippen molar-refractivity contribution in [3.05, 3.63) is 35.3 Å². The van der Waals surface area contributed by atoms with Gasteiger partial charge in [-0.25, -0.2) is 4.98 Å². The number of carbonyl (C=O) groups excluding carboxylic acids is 1. The fourth-order valence-corrected chi connectivity index (χ4v) is 3.01. The molecule has 0 radical (unpaired) electrons. The predicted molar refractivity (Wildman–Crippen MR) is 85.7 cm³/mol. The minimum absolute atomic E-state index is 0.149. The molecular weight excluding hydrogens is 316 g/mol. The van der Waals surface area contributed by atoms with Crippen molar-refractivity contribution in [1.82, 2.24) is 10.3 Å². The van der Waals surface area contributed by atoms with Gasteiger partial charge in [-0.05, 0) is 37.1 Å². The van der Waals surface area contributed by atoms with Crippen LogP contribution in [0, 0.1) is 5.41 Å². The third kappa shape index (κ3) is 3.19. The van der Waals surface area contributed by atoms with Crippen LogP contribution in [0.15, 0.2) is 29.6 Å². The first-order valence-electron chi connectivity index (χ1n) is 7.16. The zero-order chi connectivity index (χ0) is 16.4. The summed E-state index contributed by atoms with van der Waals surface area (Å²) >= 11 is 1.37. The van der Waals surface area contributed by atoms with Crippen molar-refractivity contribution < 1.29 is 19.4 Å². The van der Waals surface area contributed by atoms with Gasteiger partial charge in [-0.3, -0.25) is 9.59 Å². The predicted octanol–water partition coefficient (Wildman–Crippen LogP) is 2.41. The molecule has 0 atom stereocenters. The molecule has 2 aromatic rings. The number of methoxy groups -OCH3 is 1. The molecule has 120 valence electrons. The molecule has 1 saturated carbocycles. The number of nitrogens with one attached hydrogen (secondary N) is 1. The molecule has 1 aliphatic carbocycles. The maximum atomic E-state index is 12.1. The number of ether oxygens (including phenoxy) is 1. The first-order valence-corrected chi connectivity index (χ1v) is 8.04. The van der Waals surface area contributed by atoms with Crippen molar-refractivity contribution in [3.63, 3.8) is 0 Å². The van der Waals surface area contributed by atoms with Crippen molar-refractivity contribution in [3.8, 4) is 16.3 Å². The molecule has 1 aliphatic rings. The number of rotatable bonds is 6. The Labute approximate surface area is 137 Å². The number of aromatic nitrogens is 1. The second-order valence-corrected chi connectivity index (χ2v) is 6.39. The van der Waals surface area contributed by atoms with Gasteiger partial charge in [0.1, 0.15) is 16.5 Å². The monoisotopic (exact) mass is 332 g/mol. The molecule has 0 saturated heterocycles. The van der Waals surface area contributed by atoms with Crippen molar-refractivity contribution in [2.24, 2.45) is 5.41 Å². The van der Waals surface area contributed by atoms with E-state index < -0.39 is 11.4 Å². The summed E-state index contributed by atoms with van der Waals surface area (Å²) in [6, 6.07) is 7.42. The Morgan fingerprint density at radius 1 is 1.35 bits per heavy atom. The molecule has 23 heavy (non-hydrogen) atoms. The van der Waals surface area contributed by atoms with E-state index in [1.165, 1.54) is 11.3 Å². The van der Waals surface area contributed by atoms with Crippen molar-refractivity contribution >= 4 is 23.2 Å². The van der Waals surface area contributed by atoms with E-state index in [-0.39, 0.29) is 12.5 Å². The molecule has 6 nitrogen and oxygen atoms in total. The standard InChI is InChI=1S/C16H16N2O4S/c1-22-11-4-2-10(3-5-11)14-18-12(8-23-14)13(19)17-9-16(6-7-16)15(20)21/h2-5,8H,6-7,9H2,1H3,(H,17,19)(H,20,21). The lowest BCUT2D eigenvalue weighted by Crippen LogP contribution is -2.34. The smallest absolute Gasteiger partial charge is 0.311 e. The molecule has 1 aromatic heterocycles. The molecule has 0 spiro atoms. The Bertz CT molecular complexity index is 735. The van der Waals surface area contributed by atoms with Crippen molar-refractivity contribution in [2.75, 3.05) is 13.7 Å². The quantitative estimate of drug-likeness (QED) is 0.848. The van der Waals surface area contributed by atoms with E-state index in [2.05, 4.69) is 10.3 Å². The number of amides is 1. The number of aliphatic carboxylic acids is 1. The van der Waals surface area contributed by atoms with Crippen LogP contribution in [0.5, 0.6) is 5.75 Å². The summed E-state index contributed by atoms with van der Waals surface area (Å²) in [4.78, 5) is 27.5. The van der Waals surface area contributed by atoms with Gasteiger partial charge in [0, 0.05) is 17.5 Å². The highest BCUT2D eigenvalue weighted by atomic mass is 32.1. The minimum Gasteiger partial charge on any atom is -0.497 e. The normalized spacial score (nSPS) is 15.0. The van der Waals surface area contributed by atoms with Gasteiger partial charge in [0.05, 0.1) is 12.5 Å². The Kier molecular flexibility index (Phi) is 4.04. The Morgan fingerprint density at radius 2 is 2.04 bits per heavy atom. The van der Waals surface area contributed by atoms with E-state index in [1.54, 1.807) is 12.5 Å². The maximum Gasteiger partial charge on any atom is 0.311 e. The number of carboxylic acid groups (broad SMARTS) is 1. The zero-order valence-electron chi connectivity index (χ0n) is 12.5. The van der Waals surface area contributed by atoms with E-state index in [1.807, 2.05) is 24.3 Å². The molecule has 1 heterocycles. The Morgan fingerprint density at radius 3 is 2.61 bits per heavy atom. The van der Waals surface area contributed by atoms with Gasteiger partial charge in [0.15, 0.2) is 0 Å². The topological polar surface area (TPSA) is 88.5 Å². The number of nitrogens with zero attached hydrogens (tertiary/aromatic N) is 1. The van der Waals surface area contributed by atoms with Crippen LogP contribution in [0.3, 0.4) is 0 Å². The van der Waals surface area contributed by atoms with Gasteiger partial charge in [-0.1, -0.05) is 0 Å². The van der Waals surface area contributed by atoms with Crippen LogP contribution in [0.2, 0.25) is 0 Å². The summed E-state index contributed by atoms with van der Waals surface area (Å²) in [5.41, 5.74) is 0.436. The molecule has 0 unspecified atom stereocenters. The van der Waals surface area contributed by atoms with Crippen LogP contribution < -0.4 is 10.1 Å². The second kappa shape index (κ2) is 6.00. The maximum absolute atomic E-state index is 12.1. The largest absolute Gasteiger partial charge is 0.497 e. The molecule has 0 aliphatic heterocycles. The van der Waals surface area contributed by atoms with Gasteiger partial charge in [-0.15, -0.1) is 11.3 Å². The van der Waals surface area contributed by atoms with Gasteiger partial charge < -0.3 is 15.2 Å². The Balaban J connectivity index is 1.66. The van der Waals surface area contributed by atoms with Crippen LogP contribution >= 0.6 is 11.3 Å². The molecule has 1 fully saturated rings. The number of carbonyl (C=O) groups is 2. The van der Waals surface area contributed by atoms with Crippen LogP contribution in [-0.2, 0) is 4.79 Å². The van der Waals surface area contributed by atoms with Crippen LogP contribution in [-0.4, -0.2) is 35.6 Å². The number of thiazole rings is 1. The lowest BCUT2D eigenvalue weighted by molar-refractivity contribution is -0.143. The van der Waals surface area contributed by atoms with Crippen molar-refractivity contribution in [1.29, 1.82) is 0 Å². The van der Waals surface area contributed by atoms with E-state index in [9.17, 15) is 9.59 Å². The van der Waals surface area contributed by atoms with E-state index >= 15 is 0 Å². The fraction of sp³-hybridized carbons (Fsp3) is 0.312. The molecule has 7 heteroatoms. The highest BCUT2D eigenvalue weighted by Crippen LogP contribution is 2.45. The van der Waals surface area contributed by atoms with E-state index in [0.717, 1.165) is 16.3 Å². The highest BCUT2D eigenvalue weighted by Gasteiger charge is 2.50. The second-order valence-electron chi connectivity index (χ2n) is 5.53. The summed E-state index contributed by atoms with van der Waals surface area (Å²) < 4.78 is 5.11. The minimum atomic E-state index is -0.852. The molecule has 0 bridgehead atoms. The van der Waals surface area contributed by atoms with Crippen LogP contribution in [0.1, 0.15) is 23.3 Å². The van der Waals surface area contributed by atoms with Crippen LogP contribution in [0.25, 0.3) is 10.6 Å².